The van der Waals surface area contributed by atoms with Crippen molar-refractivity contribution in [3.63, 3.8) is 0 Å². The number of carbonyl (C=O) groups excluding carboxylic acids is 3. The molecule has 0 saturated carbocycles. The first-order valence-corrected chi connectivity index (χ1v) is 9.90. The van der Waals surface area contributed by atoms with Gasteiger partial charge in [-0.3, -0.25) is 19.7 Å². The van der Waals surface area contributed by atoms with Gasteiger partial charge < -0.3 is 5.32 Å². The van der Waals surface area contributed by atoms with Crippen molar-refractivity contribution in [1.82, 2.24) is 5.32 Å². The Bertz CT molecular complexity index is 1140. The summed E-state index contributed by atoms with van der Waals surface area (Å²) in [6.45, 7) is 3.79. The third kappa shape index (κ3) is 3.67. The Hall–Kier alpha value is -3.57. The van der Waals surface area contributed by atoms with Gasteiger partial charge in [0.25, 0.3) is 0 Å². The van der Waals surface area contributed by atoms with Gasteiger partial charge in [-0.1, -0.05) is 54.6 Å². The minimum atomic E-state index is -0.450. The third-order valence-electron chi connectivity index (χ3n) is 5.39. The normalized spacial score (nSPS) is 14.5. The van der Waals surface area contributed by atoms with E-state index in [0.717, 1.165) is 5.56 Å². The minimum absolute atomic E-state index is 0.00573. The van der Waals surface area contributed by atoms with Crippen LogP contribution in [0.15, 0.2) is 72.8 Å². The summed E-state index contributed by atoms with van der Waals surface area (Å²) in [7, 11) is 0. The number of hydrogen-bond donors (Lipinski definition) is 2. The summed E-state index contributed by atoms with van der Waals surface area (Å²) in [6.07, 6.45) is 0. The van der Waals surface area contributed by atoms with E-state index in [0.29, 0.717) is 27.9 Å². The standard InChI is InChI=1S/C25H22N2O3/c1-15(17-8-4-3-5-9-17)26-16(2)25(30)27-18-12-13-21-22(14-18)24(29)20-11-7-6-10-19(20)23(21)28/h3-16,26H,1-2H3,(H,27,30)/t15-,16+/m1/s1. The Labute approximate surface area is 175 Å². The predicted molar refractivity (Wildman–Crippen MR) is 116 cm³/mol. The first kappa shape index (κ1) is 19.7. The maximum absolute atomic E-state index is 12.9. The summed E-state index contributed by atoms with van der Waals surface area (Å²) in [5, 5.41) is 6.12. The molecule has 0 spiro atoms. The molecular weight excluding hydrogens is 376 g/mol. The number of carbonyl (C=O) groups is 3. The number of rotatable bonds is 5. The Kier molecular flexibility index (Phi) is 5.29. The van der Waals surface area contributed by atoms with Crippen molar-refractivity contribution < 1.29 is 14.4 Å². The van der Waals surface area contributed by atoms with Crippen molar-refractivity contribution in [1.29, 1.82) is 0 Å². The molecule has 0 heterocycles. The number of benzene rings is 3. The molecule has 0 aromatic heterocycles. The lowest BCUT2D eigenvalue weighted by molar-refractivity contribution is -0.117. The maximum Gasteiger partial charge on any atom is 0.241 e. The molecule has 3 aromatic rings. The molecule has 2 atom stereocenters. The van der Waals surface area contributed by atoms with Crippen molar-refractivity contribution in [2.45, 2.75) is 25.9 Å². The van der Waals surface area contributed by atoms with E-state index in [1.807, 2.05) is 37.3 Å². The number of anilines is 1. The molecule has 4 rings (SSSR count). The fourth-order valence-electron chi connectivity index (χ4n) is 3.72. The fraction of sp³-hybridized carbons (Fsp3) is 0.160. The van der Waals surface area contributed by atoms with E-state index in [2.05, 4.69) is 10.6 Å². The molecule has 1 aliphatic rings. The van der Waals surface area contributed by atoms with Crippen molar-refractivity contribution in [3.05, 3.63) is 101 Å². The highest BCUT2D eigenvalue weighted by Gasteiger charge is 2.29. The molecule has 0 aliphatic heterocycles. The van der Waals surface area contributed by atoms with Gasteiger partial charge in [0.05, 0.1) is 6.04 Å². The van der Waals surface area contributed by atoms with Crippen LogP contribution >= 0.6 is 0 Å². The van der Waals surface area contributed by atoms with Gasteiger partial charge in [0.1, 0.15) is 0 Å². The van der Waals surface area contributed by atoms with E-state index in [-0.39, 0.29) is 23.5 Å². The van der Waals surface area contributed by atoms with Crippen LogP contribution < -0.4 is 10.6 Å². The molecule has 2 N–H and O–H groups in total. The van der Waals surface area contributed by atoms with Gasteiger partial charge in [0.2, 0.25) is 5.91 Å². The molecule has 5 heteroatoms. The molecule has 0 unspecified atom stereocenters. The topological polar surface area (TPSA) is 75.3 Å². The summed E-state index contributed by atoms with van der Waals surface area (Å²) in [6, 6.07) is 21.1. The quantitative estimate of drug-likeness (QED) is 0.530. The second-order valence-corrected chi connectivity index (χ2v) is 7.47. The molecule has 0 bridgehead atoms. The number of ketones is 2. The van der Waals surface area contributed by atoms with Gasteiger partial charge in [-0.25, -0.2) is 0 Å². The highest BCUT2D eigenvalue weighted by Crippen LogP contribution is 2.29. The molecule has 1 aliphatic carbocycles. The summed E-state index contributed by atoms with van der Waals surface area (Å²) >= 11 is 0. The van der Waals surface area contributed by atoms with Gasteiger partial charge in [-0.2, -0.15) is 0 Å². The Balaban J connectivity index is 1.50. The van der Waals surface area contributed by atoms with E-state index >= 15 is 0 Å². The smallest absolute Gasteiger partial charge is 0.241 e. The van der Waals surface area contributed by atoms with Crippen LogP contribution in [0.1, 0.15) is 57.3 Å². The van der Waals surface area contributed by atoms with E-state index in [1.165, 1.54) is 0 Å². The SMILES string of the molecule is C[C@H](N[C@H](C)c1ccccc1)C(=O)Nc1ccc2c(c1)C(=O)c1ccccc1C2=O. The van der Waals surface area contributed by atoms with Crippen LogP contribution in [0.5, 0.6) is 0 Å². The van der Waals surface area contributed by atoms with Crippen LogP contribution in [-0.2, 0) is 4.79 Å². The van der Waals surface area contributed by atoms with Crippen LogP contribution in [0.4, 0.5) is 5.69 Å². The summed E-state index contributed by atoms with van der Waals surface area (Å²) in [5.74, 6) is -0.599. The molecule has 30 heavy (non-hydrogen) atoms. The number of amides is 1. The average Bonchev–Trinajstić information content (AvgIpc) is 2.78. The maximum atomic E-state index is 12.9. The third-order valence-corrected chi connectivity index (χ3v) is 5.39. The Morgan fingerprint density at radius 3 is 1.97 bits per heavy atom. The number of hydrogen-bond acceptors (Lipinski definition) is 4. The van der Waals surface area contributed by atoms with Gasteiger partial charge in [0, 0.05) is 34.0 Å². The predicted octanol–water partition coefficient (Wildman–Crippen LogP) is 4.14. The second kappa shape index (κ2) is 8.05. The lowest BCUT2D eigenvalue weighted by Crippen LogP contribution is -2.39. The van der Waals surface area contributed by atoms with Crippen molar-refractivity contribution >= 4 is 23.2 Å². The van der Waals surface area contributed by atoms with E-state index in [1.54, 1.807) is 49.4 Å². The number of fused-ring (bicyclic) bond motifs is 2. The minimum Gasteiger partial charge on any atom is -0.325 e. The molecule has 0 fully saturated rings. The van der Waals surface area contributed by atoms with Gasteiger partial charge in [-0.05, 0) is 37.6 Å². The molecular formula is C25H22N2O3. The van der Waals surface area contributed by atoms with Crippen LogP contribution in [0.2, 0.25) is 0 Å². The van der Waals surface area contributed by atoms with Crippen LogP contribution in [0.3, 0.4) is 0 Å². The zero-order chi connectivity index (χ0) is 21.3. The summed E-state index contributed by atoms with van der Waals surface area (Å²) in [5.41, 5.74) is 3.06. The highest BCUT2D eigenvalue weighted by atomic mass is 16.2. The highest BCUT2D eigenvalue weighted by molar-refractivity contribution is 6.28. The van der Waals surface area contributed by atoms with Gasteiger partial charge in [-0.15, -0.1) is 0 Å². The van der Waals surface area contributed by atoms with Gasteiger partial charge >= 0.3 is 0 Å². The molecule has 5 nitrogen and oxygen atoms in total. The van der Waals surface area contributed by atoms with E-state index in [4.69, 9.17) is 0 Å². The van der Waals surface area contributed by atoms with Crippen LogP contribution in [0.25, 0.3) is 0 Å². The molecule has 150 valence electrons. The van der Waals surface area contributed by atoms with E-state index < -0.39 is 6.04 Å². The van der Waals surface area contributed by atoms with Crippen molar-refractivity contribution in [3.8, 4) is 0 Å². The van der Waals surface area contributed by atoms with Crippen LogP contribution in [0, 0.1) is 0 Å². The second-order valence-electron chi connectivity index (χ2n) is 7.47. The zero-order valence-corrected chi connectivity index (χ0v) is 16.8. The molecule has 0 radical (unpaired) electrons. The lowest BCUT2D eigenvalue weighted by Gasteiger charge is -2.21. The van der Waals surface area contributed by atoms with Gasteiger partial charge in [0.15, 0.2) is 11.6 Å². The zero-order valence-electron chi connectivity index (χ0n) is 16.8. The molecule has 1 amide bonds. The molecule has 0 saturated heterocycles. The lowest BCUT2D eigenvalue weighted by atomic mass is 9.84. The first-order chi connectivity index (χ1) is 14.5. The Morgan fingerprint density at radius 2 is 1.30 bits per heavy atom. The summed E-state index contributed by atoms with van der Waals surface area (Å²) in [4.78, 5) is 38.2. The molecule has 3 aromatic carbocycles. The summed E-state index contributed by atoms with van der Waals surface area (Å²) < 4.78 is 0. The fourth-order valence-corrected chi connectivity index (χ4v) is 3.72. The van der Waals surface area contributed by atoms with E-state index in [9.17, 15) is 14.4 Å². The largest absolute Gasteiger partial charge is 0.325 e. The number of nitrogens with one attached hydrogen (secondary N) is 2. The monoisotopic (exact) mass is 398 g/mol. The first-order valence-electron chi connectivity index (χ1n) is 9.90. The van der Waals surface area contributed by atoms with Crippen molar-refractivity contribution in [2.24, 2.45) is 0 Å². The van der Waals surface area contributed by atoms with Crippen LogP contribution in [-0.4, -0.2) is 23.5 Å². The average molecular weight is 398 g/mol. The Morgan fingerprint density at radius 1 is 0.733 bits per heavy atom. The van der Waals surface area contributed by atoms with Crippen molar-refractivity contribution in [2.75, 3.05) is 5.32 Å².